The summed E-state index contributed by atoms with van der Waals surface area (Å²) in [5, 5.41) is -0.171. The Kier molecular flexibility index (Phi) is 4.08. The Morgan fingerprint density at radius 1 is 1.29 bits per heavy atom. The van der Waals surface area contributed by atoms with Crippen LogP contribution in [-0.4, -0.2) is 38.7 Å². The van der Waals surface area contributed by atoms with Crippen molar-refractivity contribution < 1.29 is 8.42 Å². The summed E-state index contributed by atoms with van der Waals surface area (Å²) in [5.41, 5.74) is 6.76. The zero-order valence-corrected chi connectivity index (χ0v) is 13.3. The van der Waals surface area contributed by atoms with E-state index < -0.39 is 9.84 Å². The van der Waals surface area contributed by atoms with Gasteiger partial charge in [0.1, 0.15) is 0 Å². The zero-order chi connectivity index (χ0) is 15.0. The molecule has 5 heteroatoms. The Hall–Kier alpha value is -0.910. The van der Waals surface area contributed by atoms with Gasteiger partial charge in [0, 0.05) is 12.6 Å². The van der Waals surface area contributed by atoms with Crippen molar-refractivity contribution in [3.05, 3.63) is 29.8 Å². The minimum Gasteiger partial charge on any atom is -0.330 e. The van der Waals surface area contributed by atoms with E-state index in [1.807, 2.05) is 18.2 Å². The molecule has 3 rings (SSSR count). The molecule has 1 aromatic rings. The lowest BCUT2D eigenvalue weighted by Crippen LogP contribution is -2.30. The number of benzene rings is 1. The van der Waals surface area contributed by atoms with Crippen molar-refractivity contribution in [3.8, 4) is 0 Å². The van der Waals surface area contributed by atoms with E-state index in [0.29, 0.717) is 17.4 Å². The van der Waals surface area contributed by atoms with Gasteiger partial charge in [-0.25, -0.2) is 8.42 Å². The minimum absolute atomic E-state index is 0.171. The molecule has 2 unspecified atom stereocenters. The highest BCUT2D eigenvalue weighted by Gasteiger charge is 2.37. The minimum atomic E-state index is -3.18. The number of hydrogen-bond donors (Lipinski definition) is 1. The smallest absolute Gasteiger partial charge is 0.181 e. The van der Waals surface area contributed by atoms with E-state index >= 15 is 0 Å². The van der Waals surface area contributed by atoms with Gasteiger partial charge in [-0.2, -0.15) is 0 Å². The number of nitrogens with zero attached hydrogens (tertiary/aromatic N) is 1. The molecule has 116 valence electrons. The van der Waals surface area contributed by atoms with Gasteiger partial charge in [0.05, 0.1) is 10.1 Å². The van der Waals surface area contributed by atoms with Crippen molar-refractivity contribution in [2.75, 3.05) is 20.1 Å². The van der Waals surface area contributed by atoms with Gasteiger partial charge in [0.2, 0.25) is 0 Å². The third kappa shape index (κ3) is 2.62. The molecule has 1 aliphatic carbocycles. The molecule has 1 heterocycles. The summed E-state index contributed by atoms with van der Waals surface area (Å²) in [6.45, 7) is 1.61. The maximum Gasteiger partial charge on any atom is 0.181 e. The highest BCUT2D eigenvalue weighted by molar-refractivity contribution is 7.92. The number of sulfone groups is 1. The summed E-state index contributed by atoms with van der Waals surface area (Å²) in [5.74, 6) is 0.458. The molecule has 0 bridgehead atoms. The fourth-order valence-corrected chi connectivity index (χ4v) is 5.63. The topological polar surface area (TPSA) is 63.4 Å². The van der Waals surface area contributed by atoms with E-state index in [1.54, 1.807) is 6.07 Å². The maximum absolute atomic E-state index is 12.8. The van der Waals surface area contributed by atoms with Crippen LogP contribution in [0.1, 0.15) is 37.3 Å². The molecule has 0 spiro atoms. The number of likely N-dealkylation sites (tertiary alicyclic amines) is 1. The van der Waals surface area contributed by atoms with Crippen molar-refractivity contribution in [1.29, 1.82) is 0 Å². The van der Waals surface area contributed by atoms with Crippen LogP contribution in [0.5, 0.6) is 0 Å². The summed E-state index contributed by atoms with van der Waals surface area (Å²) in [6, 6.07) is 7.71. The van der Waals surface area contributed by atoms with Crippen molar-refractivity contribution in [1.82, 2.24) is 4.90 Å². The zero-order valence-electron chi connectivity index (χ0n) is 12.5. The van der Waals surface area contributed by atoms with Crippen LogP contribution < -0.4 is 5.73 Å². The summed E-state index contributed by atoms with van der Waals surface area (Å²) >= 11 is 0. The van der Waals surface area contributed by atoms with Crippen LogP contribution in [0.3, 0.4) is 0 Å². The fourth-order valence-electron chi connectivity index (χ4n) is 3.52. The number of nitrogens with two attached hydrogens (primary N) is 1. The summed E-state index contributed by atoms with van der Waals surface area (Å²) in [7, 11) is -1.11. The predicted molar refractivity (Wildman–Crippen MR) is 83.8 cm³/mol. The van der Waals surface area contributed by atoms with Crippen molar-refractivity contribution in [2.24, 2.45) is 11.7 Å². The highest BCUT2D eigenvalue weighted by atomic mass is 32.2. The molecule has 0 aromatic heterocycles. The molecule has 4 nitrogen and oxygen atoms in total. The van der Waals surface area contributed by atoms with Crippen LogP contribution in [0.15, 0.2) is 29.2 Å². The lowest BCUT2D eigenvalue weighted by atomic mass is 9.99. The largest absolute Gasteiger partial charge is 0.330 e. The molecule has 0 radical (unpaired) electrons. The molecule has 1 aromatic carbocycles. The van der Waals surface area contributed by atoms with Crippen LogP contribution in [0.4, 0.5) is 0 Å². The average Bonchev–Trinajstić information content (AvgIpc) is 2.77. The standard InChI is InChI=1S/C16H24N2O2S/c1-18-11-12(10-17)9-15(18)14-7-2-3-8-16(14)21(19,20)13-5-4-6-13/h2-3,7-8,12-13,15H,4-6,9-11,17H2,1H3. The Labute approximate surface area is 127 Å². The monoisotopic (exact) mass is 308 g/mol. The summed E-state index contributed by atoms with van der Waals surface area (Å²) in [6.07, 6.45) is 3.60. The Bertz CT molecular complexity index is 610. The maximum atomic E-state index is 12.8. The van der Waals surface area contributed by atoms with Gasteiger partial charge >= 0.3 is 0 Å². The SMILES string of the molecule is CN1CC(CN)CC1c1ccccc1S(=O)(=O)C1CCC1. The van der Waals surface area contributed by atoms with Gasteiger partial charge in [-0.1, -0.05) is 24.6 Å². The first-order chi connectivity index (χ1) is 10.0. The molecule has 2 N–H and O–H groups in total. The lowest BCUT2D eigenvalue weighted by Gasteiger charge is -2.28. The Morgan fingerprint density at radius 3 is 2.57 bits per heavy atom. The van der Waals surface area contributed by atoms with Gasteiger partial charge in [-0.05, 0) is 50.4 Å². The quantitative estimate of drug-likeness (QED) is 0.923. The van der Waals surface area contributed by atoms with Crippen LogP contribution in [0.2, 0.25) is 0 Å². The van der Waals surface area contributed by atoms with E-state index in [0.717, 1.165) is 37.8 Å². The van der Waals surface area contributed by atoms with Crippen LogP contribution in [-0.2, 0) is 9.84 Å². The van der Waals surface area contributed by atoms with Crippen molar-refractivity contribution in [3.63, 3.8) is 0 Å². The summed E-state index contributed by atoms with van der Waals surface area (Å²) < 4.78 is 25.6. The molecular weight excluding hydrogens is 284 g/mol. The molecule has 2 atom stereocenters. The van der Waals surface area contributed by atoms with Gasteiger partial charge in [-0.15, -0.1) is 0 Å². The third-order valence-corrected chi connectivity index (χ3v) is 7.38. The lowest BCUT2D eigenvalue weighted by molar-refractivity contribution is 0.310. The molecule has 2 fully saturated rings. The van der Waals surface area contributed by atoms with Gasteiger partial charge in [0.15, 0.2) is 9.84 Å². The first-order valence-electron chi connectivity index (χ1n) is 7.77. The highest BCUT2D eigenvalue weighted by Crippen LogP contribution is 2.39. The molecular formula is C16H24N2O2S. The molecule has 0 amide bonds. The number of hydrogen-bond acceptors (Lipinski definition) is 4. The van der Waals surface area contributed by atoms with E-state index in [2.05, 4.69) is 11.9 Å². The van der Waals surface area contributed by atoms with Crippen LogP contribution in [0, 0.1) is 5.92 Å². The average molecular weight is 308 g/mol. The Balaban J connectivity index is 1.97. The summed E-state index contributed by atoms with van der Waals surface area (Å²) in [4.78, 5) is 2.79. The van der Waals surface area contributed by atoms with Crippen LogP contribution >= 0.6 is 0 Å². The predicted octanol–water partition coefficient (Wildman–Crippen LogP) is 1.96. The van der Waals surface area contributed by atoms with Crippen LogP contribution in [0.25, 0.3) is 0 Å². The molecule has 21 heavy (non-hydrogen) atoms. The van der Waals surface area contributed by atoms with E-state index in [1.165, 1.54) is 0 Å². The molecule has 1 saturated carbocycles. The number of rotatable bonds is 4. The molecule has 2 aliphatic rings. The first kappa shape index (κ1) is 15.0. The second-order valence-electron chi connectivity index (χ2n) is 6.43. The van der Waals surface area contributed by atoms with E-state index in [9.17, 15) is 8.42 Å². The fraction of sp³-hybridized carbons (Fsp3) is 0.625. The first-order valence-corrected chi connectivity index (χ1v) is 9.31. The van der Waals surface area contributed by atoms with Crippen molar-refractivity contribution in [2.45, 2.75) is 41.9 Å². The van der Waals surface area contributed by atoms with E-state index in [4.69, 9.17) is 5.73 Å². The normalized spacial score (nSPS) is 27.7. The van der Waals surface area contributed by atoms with Gasteiger partial charge in [-0.3, -0.25) is 4.90 Å². The third-order valence-electron chi connectivity index (χ3n) is 5.04. The van der Waals surface area contributed by atoms with Crippen molar-refractivity contribution >= 4 is 9.84 Å². The second kappa shape index (κ2) is 5.71. The van der Waals surface area contributed by atoms with Gasteiger partial charge < -0.3 is 5.73 Å². The Morgan fingerprint density at radius 2 is 2.00 bits per heavy atom. The van der Waals surface area contributed by atoms with Gasteiger partial charge in [0.25, 0.3) is 0 Å². The van der Waals surface area contributed by atoms with E-state index in [-0.39, 0.29) is 11.3 Å². The second-order valence-corrected chi connectivity index (χ2v) is 8.63. The molecule has 1 aliphatic heterocycles. The molecule has 1 saturated heterocycles.